The summed E-state index contributed by atoms with van der Waals surface area (Å²) in [4.78, 5) is 0.167. The van der Waals surface area contributed by atoms with Gasteiger partial charge < -0.3 is 10.5 Å². The molecular weight excluding hydrogens is 276 g/mol. The van der Waals surface area contributed by atoms with E-state index >= 15 is 0 Å². The van der Waals surface area contributed by atoms with Crippen LogP contribution in [0.4, 0.5) is 11.4 Å². The lowest BCUT2D eigenvalue weighted by atomic mass is 10.2. The molecule has 0 saturated heterocycles. The average Bonchev–Trinajstić information content (AvgIpc) is 2.41. The van der Waals surface area contributed by atoms with Crippen molar-refractivity contribution in [2.45, 2.75) is 11.8 Å². The summed E-state index contributed by atoms with van der Waals surface area (Å²) >= 11 is 0. The Bertz CT molecular complexity index is 727. The van der Waals surface area contributed by atoms with Crippen molar-refractivity contribution in [3.63, 3.8) is 0 Å². The van der Waals surface area contributed by atoms with Crippen LogP contribution in [0.1, 0.15) is 5.56 Å². The van der Waals surface area contributed by atoms with Gasteiger partial charge in [-0.25, -0.2) is 8.42 Å². The van der Waals surface area contributed by atoms with Gasteiger partial charge in [0, 0.05) is 11.8 Å². The maximum atomic E-state index is 12.4. The van der Waals surface area contributed by atoms with Crippen molar-refractivity contribution in [3.8, 4) is 5.75 Å². The topological polar surface area (TPSA) is 81.4 Å². The molecule has 0 atom stereocenters. The normalized spacial score (nSPS) is 11.1. The van der Waals surface area contributed by atoms with Crippen LogP contribution in [-0.2, 0) is 10.0 Å². The lowest BCUT2D eigenvalue weighted by Gasteiger charge is -2.11. The van der Waals surface area contributed by atoms with Crippen molar-refractivity contribution >= 4 is 21.4 Å². The molecule has 0 aliphatic rings. The first-order valence-corrected chi connectivity index (χ1v) is 7.44. The third-order valence-electron chi connectivity index (χ3n) is 2.82. The molecule has 2 aromatic carbocycles. The van der Waals surface area contributed by atoms with Crippen molar-refractivity contribution in [2.75, 3.05) is 17.6 Å². The molecule has 0 aliphatic carbocycles. The van der Waals surface area contributed by atoms with E-state index < -0.39 is 10.0 Å². The Kier molecular flexibility index (Phi) is 3.85. The number of hydrogen-bond donors (Lipinski definition) is 2. The summed E-state index contributed by atoms with van der Waals surface area (Å²) in [5.41, 5.74) is 7.13. The van der Waals surface area contributed by atoms with E-state index in [1.807, 2.05) is 0 Å². The van der Waals surface area contributed by atoms with E-state index in [9.17, 15) is 8.42 Å². The zero-order valence-corrected chi connectivity index (χ0v) is 12.1. The molecule has 3 N–H and O–H groups in total. The Balaban J connectivity index is 2.38. The highest BCUT2D eigenvalue weighted by Crippen LogP contribution is 2.23. The van der Waals surface area contributed by atoms with E-state index in [2.05, 4.69) is 4.72 Å². The second-order valence-electron chi connectivity index (χ2n) is 4.36. The van der Waals surface area contributed by atoms with Crippen LogP contribution in [0, 0.1) is 6.92 Å². The number of sulfonamides is 1. The summed E-state index contributed by atoms with van der Waals surface area (Å²) in [6.07, 6.45) is 0. The van der Waals surface area contributed by atoms with E-state index in [1.165, 1.54) is 13.2 Å². The molecule has 0 amide bonds. The minimum Gasteiger partial charge on any atom is -0.497 e. The minimum atomic E-state index is -3.68. The number of rotatable bonds is 4. The molecule has 6 heteroatoms. The van der Waals surface area contributed by atoms with E-state index in [1.54, 1.807) is 43.3 Å². The number of aryl methyl sites for hydroxylation is 1. The number of methoxy groups -OCH3 is 1. The quantitative estimate of drug-likeness (QED) is 0.848. The maximum Gasteiger partial charge on any atom is 0.262 e. The fraction of sp³-hybridized carbons (Fsp3) is 0.143. The van der Waals surface area contributed by atoms with Gasteiger partial charge in [0.2, 0.25) is 0 Å². The number of benzene rings is 2. The summed E-state index contributed by atoms with van der Waals surface area (Å²) in [5, 5.41) is 0. The maximum absolute atomic E-state index is 12.4. The molecule has 0 bridgehead atoms. The first-order chi connectivity index (χ1) is 9.42. The van der Waals surface area contributed by atoms with Gasteiger partial charge in [-0.15, -0.1) is 0 Å². The second-order valence-corrected chi connectivity index (χ2v) is 6.01. The largest absolute Gasteiger partial charge is 0.497 e. The van der Waals surface area contributed by atoms with Gasteiger partial charge in [0.25, 0.3) is 10.0 Å². The van der Waals surface area contributed by atoms with Gasteiger partial charge in [-0.2, -0.15) is 0 Å². The van der Waals surface area contributed by atoms with Crippen molar-refractivity contribution in [1.29, 1.82) is 0 Å². The van der Waals surface area contributed by atoms with Crippen LogP contribution in [0.5, 0.6) is 5.75 Å². The number of nitrogen functional groups attached to an aromatic ring is 1. The molecule has 0 saturated carbocycles. The molecule has 20 heavy (non-hydrogen) atoms. The SMILES string of the molecule is COc1cccc(NS(=O)(=O)c2cc(N)ccc2C)c1. The van der Waals surface area contributed by atoms with Crippen molar-refractivity contribution in [1.82, 2.24) is 0 Å². The molecule has 106 valence electrons. The number of anilines is 2. The zero-order valence-electron chi connectivity index (χ0n) is 11.3. The van der Waals surface area contributed by atoms with Gasteiger partial charge in [0.15, 0.2) is 0 Å². The van der Waals surface area contributed by atoms with Gasteiger partial charge >= 0.3 is 0 Å². The Morgan fingerprint density at radius 1 is 1.15 bits per heavy atom. The van der Waals surface area contributed by atoms with Crippen LogP contribution in [0.2, 0.25) is 0 Å². The molecule has 0 spiro atoms. The second kappa shape index (κ2) is 5.42. The number of ether oxygens (including phenoxy) is 1. The van der Waals surface area contributed by atoms with E-state index in [0.717, 1.165) is 0 Å². The molecule has 0 aromatic heterocycles. The Morgan fingerprint density at radius 2 is 1.90 bits per heavy atom. The van der Waals surface area contributed by atoms with Gasteiger partial charge in [-0.05, 0) is 36.8 Å². The lowest BCUT2D eigenvalue weighted by Crippen LogP contribution is -2.14. The summed E-state index contributed by atoms with van der Waals surface area (Å²) in [6, 6.07) is 11.5. The van der Waals surface area contributed by atoms with Crippen molar-refractivity contribution in [2.24, 2.45) is 0 Å². The monoisotopic (exact) mass is 292 g/mol. The Hall–Kier alpha value is -2.21. The average molecular weight is 292 g/mol. The van der Waals surface area contributed by atoms with Gasteiger partial charge in [-0.1, -0.05) is 12.1 Å². The fourth-order valence-corrected chi connectivity index (χ4v) is 3.13. The summed E-state index contributed by atoms with van der Waals surface area (Å²) < 4.78 is 32.3. The summed E-state index contributed by atoms with van der Waals surface area (Å²) in [7, 11) is -2.15. The molecule has 0 aliphatic heterocycles. The zero-order chi connectivity index (χ0) is 14.8. The number of nitrogens with two attached hydrogens (primary N) is 1. The molecule has 0 fully saturated rings. The van der Waals surface area contributed by atoms with Crippen LogP contribution in [0.25, 0.3) is 0 Å². The van der Waals surface area contributed by atoms with E-state index in [-0.39, 0.29) is 4.90 Å². The third-order valence-corrected chi connectivity index (χ3v) is 4.35. The van der Waals surface area contributed by atoms with Crippen LogP contribution in [-0.4, -0.2) is 15.5 Å². The van der Waals surface area contributed by atoms with Crippen molar-refractivity contribution in [3.05, 3.63) is 48.0 Å². The van der Waals surface area contributed by atoms with E-state index in [4.69, 9.17) is 10.5 Å². The third kappa shape index (κ3) is 3.03. The molecule has 0 unspecified atom stereocenters. The van der Waals surface area contributed by atoms with Gasteiger partial charge in [0.05, 0.1) is 17.7 Å². The first kappa shape index (κ1) is 14.2. The van der Waals surface area contributed by atoms with Crippen LogP contribution >= 0.6 is 0 Å². The predicted molar refractivity (Wildman–Crippen MR) is 79.4 cm³/mol. The highest BCUT2D eigenvalue weighted by Gasteiger charge is 2.17. The van der Waals surface area contributed by atoms with Crippen LogP contribution in [0.15, 0.2) is 47.4 Å². The number of nitrogens with one attached hydrogen (secondary N) is 1. The first-order valence-electron chi connectivity index (χ1n) is 5.95. The standard InChI is InChI=1S/C14H16N2O3S/c1-10-6-7-11(15)8-14(10)20(17,18)16-12-4-3-5-13(9-12)19-2/h3-9,16H,15H2,1-2H3. The predicted octanol–water partition coefficient (Wildman–Crippen LogP) is 2.39. The smallest absolute Gasteiger partial charge is 0.262 e. The van der Waals surface area contributed by atoms with Gasteiger partial charge in [-0.3, -0.25) is 4.72 Å². The Labute approximate surface area is 118 Å². The highest BCUT2D eigenvalue weighted by atomic mass is 32.2. The molecular formula is C14H16N2O3S. The highest BCUT2D eigenvalue weighted by molar-refractivity contribution is 7.92. The summed E-state index contributed by atoms with van der Waals surface area (Å²) in [5.74, 6) is 0.578. The summed E-state index contributed by atoms with van der Waals surface area (Å²) in [6.45, 7) is 1.72. The van der Waals surface area contributed by atoms with Crippen molar-refractivity contribution < 1.29 is 13.2 Å². The molecule has 0 radical (unpaired) electrons. The minimum absolute atomic E-state index is 0.167. The molecule has 5 nitrogen and oxygen atoms in total. The number of hydrogen-bond acceptors (Lipinski definition) is 4. The molecule has 0 heterocycles. The lowest BCUT2D eigenvalue weighted by molar-refractivity contribution is 0.415. The van der Waals surface area contributed by atoms with Gasteiger partial charge in [0.1, 0.15) is 5.75 Å². The fourth-order valence-electron chi connectivity index (χ4n) is 1.80. The molecule has 2 rings (SSSR count). The van der Waals surface area contributed by atoms with Crippen LogP contribution in [0.3, 0.4) is 0 Å². The van der Waals surface area contributed by atoms with E-state index in [0.29, 0.717) is 22.7 Å². The van der Waals surface area contributed by atoms with Crippen LogP contribution < -0.4 is 15.2 Å². The Morgan fingerprint density at radius 3 is 2.60 bits per heavy atom. The molecule has 2 aromatic rings.